The van der Waals surface area contributed by atoms with Crippen molar-refractivity contribution in [1.82, 2.24) is 15.5 Å². The summed E-state index contributed by atoms with van der Waals surface area (Å²) in [7, 11) is 0. The Balaban J connectivity index is 2.11. The Bertz CT molecular complexity index is 612. The number of aromatic amines is 1. The van der Waals surface area contributed by atoms with Crippen molar-refractivity contribution in [3.05, 3.63) is 56.3 Å². The SMILES string of the molecule is O=C(NCc1ccn[nH]1)c1ccc(Br)c([N+](=O)[O-])c1. The largest absolute Gasteiger partial charge is 0.346 e. The summed E-state index contributed by atoms with van der Waals surface area (Å²) in [4.78, 5) is 22.1. The van der Waals surface area contributed by atoms with Crippen LogP contribution < -0.4 is 5.32 Å². The number of hydrogen-bond acceptors (Lipinski definition) is 4. The summed E-state index contributed by atoms with van der Waals surface area (Å²) in [5.41, 5.74) is 0.837. The van der Waals surface area contributed by atoms with Crippen molar-refractivity contribution in [3.8, 4) is 0 Å². The molecule has 1 aromatic heterocycles. The number of halogens is 1. The Morgan fingerprint density at radius 1 is 1.47 bits per heavy atom. The molecule has 98 valence electrons. The van der Waals surface area contributed by atoms with Crippen LogP contribution in [0.5, 0.6) is 0 Å². The average molecular weight is 325 g/mol. The number of carbonyl (C=O) groups excluding carboxylic acids is 1. The first kappa shape index (κ1) is 13.2. The highest BCUT2D eigenvalue weighted by molar-refractivity contribution is 9.10. The van der Waals surface area contributed by atoms with Gasteiger partial charge in [-0.3, -0.25) is 20.0 Å². The second-order valence-electron chi connectivity index (χ2n) is 3.69. The van der Waals surface area contributed by atoms with Crippen LogP contribution in [0.25, 0.3) is 0 Å². The molecule has 0 aliphatic heterocycles. The lowest BCUT2D eigenvalue weighted by molar-refractivity contribution is -0.385. The molecule has 1 heterocycles. The van der Waals surface area contributed by atoms with Gasteiger partial charge in [0.15, 0.2) is 0 Å². The minimum atomic E-state index is -0.546. The van der Waals surface area contributed by atoms with E-state index in [1.807, 2.05) is 0 Å². The summed E-state index contributed by atoms with van der Waals surface area (Å²) >= 11 is 3.06. The molecule has 7 nitrogen and oxygen atoms in total. The zero-order chi connectivity index (χ0) is 13.8. The van der Waals surface area contributed by atoms with Gasteiger partial charge >= 0.3 is 0 Å². The number of carbonyl (C=O) groups is 1. The van der Waals surface area contributed by atoms with E-state index in [-0.39, 0.29) is 23.7 Å². The van der Waals surface area contributed by atoms with Crippen LogP contribution in [0.15, 0.2) is 34.9 Å². The standard InChI is InChI=1S/C11H9BrN4O3/c12-9-2-1-7(5-10(9)16(18)19)11(17)13-6-8-3-4-14-15-8/h1-5H,6H2,(H,13,17)(H,14,15). The molecule has 0 atom stereocenters. The zero-order valence-electron chi connectivity index (χ0n) is 9.59. The lowest BCUT2D eigenvalue weighted by Gasteiger charge is -2.04. The summed E-state index contributed by atoms with van der Waals surface area (Å²) in [6, 6.07) is 5.94. The molecule has 2 N–H and O–H groups in total. The van der Waals surface area contributed by atoms with Crippen molar-refractivity contribution >= 4 is 27.5 Å². The summed E-state index contributed by atoms with van der Waals surface area (Å²) in [5, 5.41) is 19.9. The molecule has 0 unspecified atom stereocenters. The number of amides is 1. The lowest BCUT2D eigenvalue weighted by atomic mass is 10.2. The Morgan fingerprint density at radius 2 is 2.26 bits per heavy atom. The van der Waals surface area contributed by atoms with Gasteiger partial charge in [-0.2, -0.15) is 5.10 Å². The number of nitrogens with one attached hydrogen (secondary N) is 2. The third kappa shape index (κ3) is 3.16. The number of nitro groups is 1. The monoisotopic (exact) mass is 324 g/mol. The molecule has 19 heavy (non-hydrogen) atoms. The number of nitro benzene ring substituents is 1. The first-order chi connectivity index (χ1) is 9.08. The van der Waals surface area contributed by atoms with Gasteiger partial charge in [0.1, 0.15) is 0 Å². The Morgan fingerprint density at radius 3 is 2.89 bits per heavy atom. The maximum Gasteiger partial charge on any atom is 0.284 e. The number of hydrogen-bond donors (Lipinski definition) is 2. The smallest absolute Gasteiger partial charge is 0.284 e. The Hall–Kier alpha value is -2.22. The van der Waals surface area contributed by atoms with Crippen LogP contribution in [0.2, 0.25) is 0 Å². The van der Waals surface area contributed by atoms with Gasteiger partial charge in [0, 0.05) is 17.8 Å². The maximum absolute atomic E-state index is 11.8. The molecule has 0 aliphatic carbocycles. The second kappa shape index (κ2) is 5.61. The van der Waals surface area contributed by atoms with E-state index in [0.717, 1.165) is 5.69 Å². The number of rotatable bonds is 4. The van der Waals surface area contributed by atoms with Gasteiger partial charge in [-0.05, 0) is 34.1 Å². The molecule has 0 saturated carbocycles. The lowest BCUT2D eigenvalue weighted by Crippen LogP contribution is -2.23. The van der Waals surface area contributed by atoms with Gasteiger partial charge in [-0.15, -0.1) is 0 Å². The highest BCUT2D eigenvalue weighted by Gasteiger charge is 2.15. The predicted octanol–water partition coefficient (Wildman–Crippen LogP) is 2.01. The fourth-order valence-electron chi connectivity index (χ4n) is 1.45. The Kier molecular flexibility index (Phi) is 3.91. The van der Waals surface area contributed by atoms with Gasteiger partial charge in [-0.25, -0.2) is 0 Å². The third-order valence-corrected chi connectivity index (χ3v) is 3.07. The fraction of sp³-hybridized carbons (Fsp3) is 0.0909. The molecular formula is C11H9BrN4O3. The van der Waals surface area contributed by atoms with Crippen molar-refractivity contribution < 1.29 is 9.72 Å². The van der Waals surface area contributed by atoms with E-state index < -0.39 is 4.92 Å². The van der Waals surface area contributed by atoms with Crippen molar-refractivity contribution in [2.75, 3.05) is 0 Å². The molecule has 0 spiro atoms. The summed E-state index contributed by atoms with van der Waals surface area (Å²) in [6.07, 6.45) is 1.58. The van der Waals surface area contributed by atoms with Gasteiger partial charge < -0.3 is 5.32 Å². The van der Waals surface area contributed by atoms with Crippen LogP contribution in [0, 0.1) is 10.1 Å². The molecule has 0 saturated heterocycles. The van der Waals surface area contributed by atoms with Gasteiger partial charge in [-0.1, -0.05) is 0 Å². The topological polar surface area (TPSA) is 101 Å². The average Bonchev–Trinajstić information content (AvgIpc) is 2.89. The molecule has 8 heteroatoms. The normalized spacial score (nSPS) is 10.2. The predicted molar refractivity (Wildman–Crippen MR) is 70.6 cm³/mol. The van der Waals surface area contributed by atoms with Gasteiger partial charge in [0.2, 0.25) is 0 Å². The van der Waals surface area contributed by atoms with E-state index in [1.54, 1.807) is 12.3 Å². The molecule has 2 aromatic rings. The van der Waals surface area contributed by atoms with Gasteiger partial charge in [0.05, 0.1) is 21.6 Å². The molecule has 1 amide bonds. The van der Waals surface area contributed by atoms with Crippen molar-refractivity contribution in [2.24, 2.45) is 0 Å². The van der Waals surface area contributed by atoms with E-state index in [2.05, 4.69) is 31.4 Å². The molecule has 0 aliphatic rings. The fourth-order valence-corrected chi connectivity index (χ4v) is 1.85. The zero-order valence-corrected chi connectivity index (χ0v) is 11.2. The molecular weight excluding hydrogens is 316 g/mol. The maximum atomic E-state index is 11.8. The second-order valence-corrected chi connectivity index (χ2v) is 4.54. The highest BCUT2D eigenvalue weighted by atomic mass is 79.9. The molecule has 0 radical (unpaired) electrons. The van der Waals surface area contributed by atoms with Crippen LogP contribution in [0.1, 0.15) is 16.1 Å². The first-order valence-corrected chi connectivity index (χ1v) is 6.07. The summed E-state index contributed by atoms with van der Waals surface area (Å²) in [5.74, 6) is -0.384. The highest BCUT2D eigenvalue weighted by Crippen LogP contribution is 2.25. The quantitative estimate of drug-likeness (QED) is 0.663. The third-order valence-electron chi connectivity index (χ3n) is 2.40. The molecule has 2 rings (SSSR count). The minimum absolute atomic E-state index is 0.144. The minimum Gasteiger partial charge on any atom is -0.346 e. The summed E-state index contributed by atoms with van der Waals surface area (Å²) < 4.78 is 0.336. The molecule has 1 aromatic carbocycles. The number of H-pyrrole nitrogens is 1. The van der Waals surface area contributed by atoms with Crippen molar-refractivity contribution in [2.45, 2.75) is 6.54 Å². The number of benzene rings is 1. The number of nitrogens with zero attached hydrogens (tertiary/aromatic N) is 2. The summed E-state index contributed by atoms with van der Waals surface area (Å²) in [6.45, 7) is 0.280. The molecule has 0 fully saturated rings. The first-order valence-electron chi connectivity index (χ1n) is 5.28. The van der Waals surface area contributed by atoms with E-state index in [4.69, 9.17) is 0 Å². The van der Waals surface area contributed by atoms with Crippen LogP contribution in [0.4, 0.5) is 5.69 Å². The van der Waals surface area contributed by atoms with Gasteiger partial charge in [0.25, 0.3) is 11.6 Å². The Labute approximate surface area is 116 Å². The number of aromatic nitrogens is 2. The van der Waals surface area contributed by atoms with E-state index in [1.165, 1.54) is 18.2 Å². The van der Waals surface area contributed by atoms with E-state index in [0.29, 0.717) is 4.47 Å². The molecule has 0 bridgehead atoms. The van der Waals surface area contributed by atoms with Crippen LogP contribution in [-0.2, 0) is 6.54 Å². The van der Waals surface area contributed by atoms with Crippen molar-refractivity contribution in [3.63, 3.8) is 0 Å². The van der Waals surface area contributed by atoms with Crippen LogP contribution in [0.3, 0.4) is 0 Å². The van der Waals surface area contributed by atoms with E-state index >= 15 is 0 Å². The van der Waals surface area contributed by atoms with Crippen molar-refractivity contribution in [1.29, 1.82) is 0 Å². The van der Waals surface area contributed by atoms with Crippen LogP contribution in [-0.4, -0.2) is 21.0 Å². The van der Waals surface area contributed by atoms with E-state index in [9.17, 15) is 14.9 Å². The van der Waals surface area contributed by atoms with Crippen LogP contribution >= 0.6 is 15.9 Å².